The number of likely N-dealkylation sites (N-methyl/N-ethyl adjacent to an activating group) is 1. The molecule has 0 spiro atoms. The predicted molar refractivity (Wildman–Crippen MR) is 92.7 cm³/mol. The Morgan fingerprint density at radius 3 is 2.55 bits per heavy atom. The van der Waals surface area contributed by atoms with Gasteiger partial charge in [0.25, 0.3) is 0 Å². The topological polar surface area (TPSA) is 32.3 Å². The van der Waals surface area contributed by atoms with Crippen LogP contribution in [0.4, 0.5) is 0 Å². The van der Waals surface area contributed by atoms with Gasteiger partial charge in [-0.25, -0.2) is 0 Å². The first-order chi connectivity index (χ1) is 10.7. The van der Waals surface area contributed by atoms with Gasteiger partial charge in [0.2, 0.25) is 0 Å². The average molecular weight is 300 g/mol. The van der Waals surface area contributed by atoms with Crippen molar-refractivity contribution in [1.82, 2.24) is 10.2 Å². The van der Waals surface area contributed by atoms with Crippen LogP contribution in [0, 0.1) is 0 Å². The summed E-state index contributed by atoms with van der Waals surface area (Å²) in [6.07, 6.45) is 4.61. The van der Waals surface area contributed by atoms with E-state index in [-0.39, 0.29) is 0 Å². The molecule has 1 heterocycles. The predicted octanol–water partition coefficient (Wildman–Crippen LogP) is 3.32. The third kappa shape index (κ3) is 3.47. The van der Waals surface area contributed by atoms with Crippen molar-refractivity contribution < 1.29 is 4.79 Å². The number of aldehydes is 1. The lowest BCUT2D eigenvalue weighted by Gasteiger charge is -2.34. The number of carbonyl (C=O) groups is 1. The van der Waals surface area contributed by atoms with Crippen LogP contribution in [-0.4, -0.2) is 37.9 Å². The van der Waals surface area contributed by atoms with Crippen LogP contribution in [0.25, 0.3) is 0 Å². The summed E-state index contributed by atoms with van der Waals surface area (Å²) in [6.45, 7) is 11.2. The van der Waals surface area contributed by atoms with Crippen molar-refractivity contribution >= 4 is 6.29 Å². The van der Waals surface area contributed by atoms with Crippen molar-refractivity contribution in [3.63, 3.8) is 0 Å². The van der Waals surface area contributed by atoms with Gasteiger partial charge in [0, 0.05) is 31.2 Å². The van der Waals surface area contributed by atoms with Crippen molar-refractivity contribution in [1.29, 1.82) is 0 Å². The van der Waals surface area contributed by atoms with E-state index in [2.05, 4.69) is 49.5 Å². The average Bonchev–Trinajstić information content (AvgIpc) is 3.41. The first kappa shape index (κ1) is 16.9. The van der Waals surface area contributed by atoms with E-state index in [4.69, 9.17) is 0 Å². The van der Waals surface area contributed by atoms with Gasteiger partial charge in [-0.05, 0) is 48.9 Å². The van der Waals surface area contributed by atoms with Gasteiger partial charge in [0.05, 0.1) is 0 Å². The molecule has 3 heteroatoms. The van der Waals surface area contributed by atoms with Gasteiger partial charge in [-0.2, -0.15) is 0 Å². The Morgan fingerprint density at radius 1 is 1.32 bits per heavy atom. The number of hydrogen-bond donors (Lipinski definition) is 1. The number of aryl methyl sites for hydroxylation is 1. The lowest BCUT2D eigenvalue weighted by atomic mass is 9.89. The van der Waals surface area contributed by atoms with Crippen LogP contribution in [0.1, 0.15) is 58.8 Å². The number of nitrogens with one attached hydrogen (secondary N) is 1. The van der Waals surface area contributed by atoms with Crippen LogP contribution in [0.5, 0.6) is 0 Å². The SMILES string of the molecule is C=C.CCc1cc(C2CC2)c(C=O)c(C2CNCCN2C)c1. The van der Waals surface area contributed by atoms with E-state index in [1.165, 1.54) is 29.5 Å². The minimum atomic E-state index is 0.327. The quantitative estimate of drug-likeness (QED) is 0.684. The fourth-order valence-corrected chi connectivity index (χ4v) is 3.26. The standard InChI is InChI=1S/C17H24N2O.C2H4/c1-3-12-8-14(13-4-5-13)16(11-20)15(9-12)17-10-18-6-7-19(17)2;1-2/h8-9,11,13,17-18H,3-7,10H2,1-2H3;1-2H2. The third-order valence-corrected chi connectivity index (χ3v) is 4.72. The van der Waals surface area contributed by atoms with E-state index in [9.17, 15) is 4.79 Å². The van der Waals surface area contributed by atoms with Crippen molar-refractivity contribution in [2.45, 2.75) is 38.1 Å². The summed E-state index contributed by atoms with van der Waals surface area (Å²) < 4.78 is 0. The second-order valence-electron chi connectivity index (χ2n) is 6.13. The van der Waals surface area contributed by atoms with Crippen molar-refractivity contribution in [3.8, 4) is 0 Å². The molecule has 22 heavy (non-hydrogen) atoms. The largest absolute Gasteiger partial charge is 0.314 e. The highest BCUT2D eigenvalue weighted by Gasteiger charge is 2.30. The maximum Gasteiger partial charge on any atom is 0.150 e. The van der Waals surface area contributed by atoms with Gasteiger partial charge in [-0.15, -0.1) is 13.2 Å². The zero-order valence-corrected chi connectivity index (χ0v) is 13.9. The lowest BCUT2D eigenvalue weighted by molar-refractivity contribution is 0.111. The molecule has 1 aromatic rings. The van der Waals surface area contributed by atoms with Crippen LogP contribution in [0.3, 0.4) is 0 Å². The molecule has 1 N–H and O–H groups in total. The summed E-state index contributed by atoms with van der Waals surface area (Å²) in [5, 5.41) is 3.46. The van der Waals surface area contributed by atoms with Crippen molar-refractivity contribution in [2.24, 2.45) is 0 Å². The third-order valence-electron chi connectivity index (χ3n) is 4.72. The molecule has 0 bridgehead atoms. The molecule has 1 atom stereocenters. The molecule has 1 aromatic carbocycles. The molecule has 0 radical (unpaired) electrons. The van der Waals surface area contributed by atoms with Crippen LogP contribution < -0.4 is 5.32 Å². The fraction of sp³-hybridized carbons (Fsp3) is 0.526. The minimum absolute atomic E-state index is 0.327. The van der Waals surface area contributed by atoms with E-state index in [0.717, 1.165) is 37.9 Å². The first-order valence-corrected chi connectivity index (χ1v) is 8.27. The normalized spacial score (nSPS) is 21.8. The molecule has 2 fully saturated rings. The molecule has 0 aromatic heterocycles. The second-order valence-corrected chi connectivity index (χ2v) is 6.13. The van der Waals surface area contributed by atoms with Crippen LogP contribution in [-0.2, 0) is 6.42 Å². The van der Waals surface area contributed by atoms with Gasteiger partial charge in [0.15, 0.2) is 6.29 Å². The van der Waals surface area contributed by atoms with Crippen molar-refractivity contribution in [3.05, 3.63) is 47.5 Å². The maximum atomic E-state index is 11.7. The molecule has 1 aliphatic heterocycles. The van der Waals surface area contributed by atoms with E-state index >= 15 is 0 Å². The molecule has 1 saturated heterocycles. The van der Waals surface area contributed by atoms with Gasteiger partial charge in [-0.1, -0.05) is 19.1 Å². The minimum Gasteiger partial charge on any atom is -0.314 e. The molecule has 1 saturated carbocycles. The van der Waals surface area contributed by atoms with E-state index in [1.54, 1.807) is 0 Å². The molecule has 120 valence electrons. The van der Waals surface area contributed by atoms with E-state index < -0.39 is 0 Å². The van der Waals surface area contributed by atoms with E-state index in [0.29, 0.717) is 12.0 Å². The van der Waals surface area contributed by atoms with E-state index in [1.807, 2.05) is 0 Å². The number of piperazine rings is 1. The summed E-state index contributed by atoms with van der Waals surface area (Å²) >= 11 is 0. The Labute approximate surface area is 134 Å². The Morgan fingerprint density at radius 2 is 2.00 bits per heavy atom. The Hall–Kier alpha value is -1.45. The monoisotopic (exact) mass is 300 g/mol. The molecule has 0 amide bonds. The Balaban J connectivity index is 0.000000847. The number of rotatable bonds is 4. The molecule has 1 aliphatic carbocycles. The second kappa shape index (κ2) is 7.70. The maximum absolute atomic E-state index is 11.7. The first-order valence-electron chi connectivity index (χ1n) is 8.27. The van der Waals surface area contributed by atoms with Crippen LogP contribution in [0.15, 0.2) is 25.3 Å². The number of benzene rings is 1. The number of hydrogen-bond acceptors (Lipinski definition) is 3. The molecule has 3 rings (SSSR count). The summed E-state index contributed by atoms with van der Waals surface area (Å²) in [5.74, 6) is 0.627. The fourth-order valence-electron chi connectivity index (χ4n) is 3.26. The van der Waals surface area contributed by atoms with Crippen molar-refractivity contribution in [2.75, 3.05) is 26.7 Å². The highest BCUT2D eigenvalue weighted by Crippen LogP contribution is 2.43. The van der Waals surface area contributed by atoms with Gasteiger partial charge < -0.3 is 5.32 Å². The zero-order valence-electron chi connectivity index (χ0n) is 13.9. The van der Waals surface area contributed by atoms with Crippen LogP contribution >= 0.6 is 0 Å². The highest BCUT2D eigenvalue weighted by atomic mass is 16.1. The smallest absolute Gasteiger partial charge is 0.150 e. The molecule has 2 aliphatic rings. The zero-order chi connectivity index (χ0) is 16.1. The summed E-state index contributed by atoms with van der Waals surface area (Å²) in [5.41, 5.74) is 4.86. The summed E-state index contributed by atoms with van der Waals surface area (Å²) in [6, 6.07) is 4.85. The molecule has 1 unspecified atom stereocenters. The Kier molecular flexibility index (Phi) is 5.92. The Bertz CT molecular complexity index is 522. The van der Waals surface area contributed by atoms with Crippen LogP contribution in [0.2, 0.25) is 0 Å². The molecular formula is C19H28N2O. The summed E-state index contributed by atoms with van der Waals surface area (Å²) in [4.78, 5) is 14.1. The van der Waals surface area contributed by atoms with Gasteiger partial charge >= 0.3 is 0 Å². The lowest BCUT2D eigenvalue weighted by Crippen LogP contribution is -2.44. The number of nitrogens with zero attached hydrogens (tertiary/aromatic N) is 1. The number of carbonyl (C=O) groups excluding carboxylic acids is 1. The van der Waals surface area contributed by atoms with Gasteiger partial charge in [-0.3, -0.25) is 9.69 Å². The highest BCUT2D eigenvalue weighted by molar-refractivity contribution is 5.81. The summed E-state index contributed by atoms with van der Waals surface area (Å²) in [7, 11) is 2.16. The molecular weight excluding hydrogens is 272 g/mol. The van der Waals surface area contributed by atoms with Gasteiger partial charge in [0.1, 0.15) is 0 Å². The molecule has 3 nitrogen and oxygen atoms in total.